The van der Waals surface area contributed by atoms with Crippen molar-refractivity contribution in [1.29, 1.82) is 0 Å². The van der Waals surface area contributed by atoms with E-state index >= 15 is 0 Å². The van der Waals surface area contributed by atoms with Crippen LogP contribution in [0.4, 0.5) is 20.2 Å². The molecule has 3 fully saturated rings. The van der Waals surface area contributed by atoms with Crippen LogP contribution in [0.5, 0.6) is 0 Å². The van der Waals surface area contributed by atoms with Gasteiger partial charge >= 0.3 is 0 Å². The highest BCUT2D eigenvalue weighted by Gasteiger charge is 2.64. The summed E-state index contributed by atoms with van der Waals surface area (Å²) in [5.41, 5.74) is 4.00. The van der Waals surface area contributed by atoms with Crippen molar-refractivity contribution < 1.29 is 47.1 Å². The summed E-state index contributed by atoms with van der Waals surface area (Å²) in [4.78, 5) is 121. The number of halogens is 2. The monoisotopic (exact) mass is 1160 g/mol. The quantitative estimate of drug-likeness (QED) is 0.0253. The van der Waals surface area contributed by atoms with Crippen LogP contribution in [0.2, 0.25) is 0 Å². The van der Waals surface area contributed by atoms with Gasteiger partial charge in [-0.25, -0.2) is 8.78 Å². The molecule has 18 nitrogen and oxygen atoms in total. The van der Waals surface area contributed by atoms with E-state index in [-0.39, 0.29) is 72.2 Å². The van der Waals surface area contributed by atoms with Crippen LogP contribution in [0, 0.1) is 11.6 Å². The van der Waals surface area contributed by atoms with Crippen LogP contribution in [-0.4, -0.2) is 118 Å². The van der Waals surface area contributed by atoms with E-state index < -0.39 is 47.4 Å². The maximum Gasteiger partial charge on any atom is 0.249 e. The molecule has 85 heavy (non-hydrogen) atoms. The summed E-state index contributed by atoms with van der Waals surface area (Å²) in [6, 6.07) is 25.3. The number of carbonyl (C=O) groups excluding carboxylic acids is 8. The maximum atomic E-state index is 14.8. The lowest BCUT2D eigenvalue weighted by Crippen LogP contribution is -2.55. The predicted octanol–water partition coefficient (Wildman–Crippen LogP) is 7.67. The average Bonchev–Trinajstić information content (AvgIpc) is 2.49. The lowest BCUT2D eigenvalue weighted by molar-refractivity contribution is -0.139. The molecule has 1 unspecified atom stereocenters. The minimum atomic E-state index is -1.23. The SMILES string of the molecule is CN[C@@H](C)C(=O)N[C@@H](Cc1ccc(NC(=O)CCCCC(=O)Nc2ccc([C@@H]3CC3(NC(=O)[C@H](C)NC)C(=O)N3CCC[C@H]3c3cncc(C(=O)c4ccc(F)cc4)c3)cc2)cc1)C(=O)N1CCC[C@H]1c1cncc(C(=O)c2ccc(F)cc2)c1. The number of ketones is 2. The highest BCUT2D eigenvalue weighted by atomic mass is 19.1. The second-order valence-electron chi connectivity index (χ2n) is 22.2. The number of hydrogen-bond donors (Lipinski definition) is 6. The van der Waals surface area contributed by atoms with Crippen molar-refractivity contribution in [3.63, 3.8) is 0 Å². The predicted molar refractivity (Wildman–Crippen MR) is 315 cm³/mol. The topological polar surface area (TPSA) is 241 Å². The summed E-state index contributed by atoms with van der Waals surface area (Å²) in [5, 5.41) is 17.7. The van der Waals surface area contributed by atoms with Crippen LogP contribution < -0.4 is 31.9 Å². The molecule has 0 radical (unpaired) electrons. The Hall–Kier alpha value is -8.88. The van der Waals surface area contributed by atoms with E-state index in [1.807, 2.05) is 12.1 Å². The minimum absolute atomic E-state index is 0.161. The summed E-state index contributed by atoms with van der Waals surface area (Å²) in [5.74, 6) is -3.60. The van der Waals surface area contributed by atoms with Crippen molar-refractivity contribution >= 4 is 58.4 Å². The zero-order chi connectivity index (χ0) is 60.4. The number of benzene rings is 4. The number of nitrogens with one attached hydrogen (secondary N) is 6. The molecule has 1 saturated carbocycles. The number of aromatic nitrogens is 2. The van der Waals surface area contributed by atoms with E-state index in [1.54, 1.807) is 98.7 Å². The summed E-state index contributed by atoms with van der Waals surface area (Å²) in [6.45, 7) is 4.28. The van der Waals surface area contributed by atoms with Crippen molar-refractivity contribution in [2.75, 3.05) is 37.8 Å². The third kappa shape index (κ3) is 14.6. The van der Waals surface area contributed by atoms with Gasteiger partial charge in [-0.3, -0.25) is 48.3 Å². The van der Waals surface area contributed by atoms with Gasteiger partial charge in [0.05, 0.1) is 24.2 Å². The van der Waals surface area contributed by atoms with Gasteiger partial charge in [0, 0.05) is 96.7 Å². The number of nitrogens with zero attached hydrogens (tertiary/aromatic N) is 4. The van der Waals surface area contributed by atoms with Crippen molar-refractivity contribution in [3.8, 4) is 0 Å². The Balaban J connectivity index is 0.757. The van der Waals surface area contributed by atoms with Gasteiger partial charge in [-0.1, -0.05) is 24.3 Å². The molecule has 2 aromatic heterocycles. The molecular formula is C65H70F2N10O8. The number of unbranched alkanes of at least 4 members (excludes halogenated alkanes) is 1. The fourth-order valence-electron chi connectivity index (χ4n) is 11.2. The van der Waals surface area contributed by atoms with Crippen LogP contribution in [0.15, 0.2) is 134 Å². The number of anilines is 2. The van der Waals surface area contributed by atoms with E-state index in [1.165, 1.54) is 60.9 Å². The molecule has 9 rings (SSSR count). The standard InChI is InChI=1S/C65H70F2N10O8/c1-39(68-3)61(82)74-54(63(84)76-29-7-9-55(76)45-32-47(37-70-35-45)59(80)43-15-21-49(66)22-16-43)31-41-13-25-51(26-14-41)72-57(78)11-5-6-12-58(79)73-52-27-19-42(20-28-52)53-34-65(53,75-62(83)40(2)69-4)64(85)77-30-8-10-56(77)46-33-48(38-71-36-46)60(81)44-17-23-50(67)24-18-44/h13-28,32-33,35-40,53-56,68-69H,5-12,29-31,34H2,1-4H3,(H,72,78)(H,73,79)(H,74,82)(H,75,83)/t39-,40-,53-,54-,55-,56-,65?/m0/s1. The van der Waals surface area contributed by atoms with E-state index in [0.29, 0.717) is 103 Å². The summed E-state index contributed by atoms with van der Waals surface area (Å²) in [7, 11) is 3.32. The first-order valence-electron chi connectivity index (χ1n) is 28.8. The zero-order valence-corrected chi connectivity index (χ0v) is 48.0. The average molecular weight is 1160 g/mol. The smallest absolute Gasteiger partial charge is 0.249 e. The summed E-state index contributed by atoms with van der Waals surface area (Å²) in [6.07, 6.45) is 10.5. The molecule has 1 aliphatic carbocycles. The van der Waals surface area contributed by atoms with E-state index in [2.05, 4.69) is 41.9 Å². The Morgan fingerprint density at radius 1 is 0.576 bits per heavy atom. The minimum Gasteiger partial charge on any atom is -0.343 e. The number of hydrogen-bond acceptors (Lipinski definition) is 12. The van der Waals surface area contributed by atoms with E-state index in [4.69, 9.17) is 0 Å². The highest BCUT2D eigenvalue weighted by Crippen LogP contribution is 2.54. The second-order valence-corrected chi connectivity index (χ2v) is 22.2. The maximum absolute atomic E-state index is 14.8. The first kappa shape index (κ1) is 60.7. The van der Waals surface area contributed by atoms with Crippen molar-refractivity contribution in [1.82, 2.24) is 41.0 Å². The fourth-order valence-corrected chi connectivity index (χ4v) is 11.2. The van der Waals surface area contributed by atoms with E-state index in [0.717, 1.165) is 11.1 Å². The lowest BCUT2D eigenvalue weighted by atomic mass is 9.99. The third-order valence-electron chi connectivity index (χ3n) is 16.4. The normalized spacial score (nSPS) is 19.1. The molecule has 2 saturated heterocycles. The van der Waals surface area contributed by atoms with Gasteiger partial charge in [-0.15, -0.1) is 0 Å². The lowest BCUT2D eigenvalue weighted by Gasteiger charge is -2.31. The van der Waals surface area contributed by atoms with Crippen LogP contribution in [0.1, 0.15) is 144 Å². The molecule has 2 aliphatic heterocycles. The van der Waals surface area contributed by atoms with Gasteiger partial charge in [0.1, 0.15) is 23.2 Å². The third-order valence-corrected chi connectivity index (χ3v) is 16.4. The number of likely N-dealkylation sites (tertiary alicyclic amines) is 2. The van der Waals surface area contributed by atoms with Gasteiger partial charge in [0.25, 0.3) is 0 Å². The molecular weight excluding hydrogens is 1090 g/mol. The molecule has 20 heteroatoms. The van der Waals surface area contributed by atoms with Crippen LogP contribution in [0.25, 0.3) is 0 Å². The largest absolute Gasteiger partial charge is 0.343 e. The van der Waals surface area contributed by atoms with Crippen LogP contribution in [0.3, 0.4) is 0 Å². The first-order chi connectivity index (χ1) is 40.9. The van der Waals surface area contributed by atoms with E-state index in [9.17, 15) is 47.1 Å². The van der Waals surface area contributed by atoms with Gasteiger partial charge in [0.2, 0.25) is 35.4 Å². The van der Waals surface area contributed by atoms with Gasteiger partial charge in [0.15, 0.2) is 11.6 Å². The Morgan fingerprint density at radius 2 is 1.05 bits per heavy atom. The Morgan fingerprint density at radius 3 is 1.55 bits per heavy atom. The number of rotatable bonds is 24. The number of likely N-dealkylation sites (N-methyl/N-ethyl adjacent to an activating group) is 2. The summed E-state index contributed by atoms with van der Waals surface area (Å²) >= 11 is 0. The molecule has 0 spiro atoms. The Kier molecular flexibility index (Phi) is 19.4. The molecule has 7 atom stereocenters. The highest BCUT2D eigenvalue weighted by molar-refractivity contribution is 6.09. The van der Waals surface area contributed by atoms with Gasteiger partial charge in [-0.05, 0) is 180 Å². The Labute approximate surface area is 492 Å². The van der Waals surface area contributed by atoms with Crippen molar-refractivity contribution in [2.45, 2.75) is 120 Å². The molecule has 6 amide bonds. The Bertz CT molecular complexity index is 3440. The molecule has 6 aromatic rings. The molecule has 3 aliphatic rings. The van der Waals surface area contributed by atoms with Gasteiger partial charge < -0.3 is 41.7 Å². The van der Waals surface area contributed by atoms with Gasteiger partial charge in [-0.2, -0.15) is 0 Å². The molecule has 4 aromatic carbocycles. The first-order valence-corrected chi connectivity index (χ1v) is 28.8. The van der Waals surface area contributed by atoms with Crippen LogP contribution in [-0.2, 0) is 35.2 Å². The zero-order valence-electron chi connectivity index (χ0n) is 48.0. The second kappa shape index (κ2) is 27.2. The summed E-state index contributed by atoms with van der Waals surface area (Å²) < 4.78 is 27.2. The molecule has 6 N–H and O–H groups in total. The fraction of sp³-hybridized carbons (Fsp3) is 0.354. The number of carbonyl (C=O) groups is 8. The van der Waals surface area contributed by atoms with Crippen molar-refractivity contribution in [3.05, 3.63) is 190 Å². The molecule has 0 bridgehead atoms. The molecule has 4 heterocycles. The number of pyridine rings is 2. The number of amides is 6. The van der Waals surface area contributed by atoms with Crippen LogP contribution >= 0.6 is 0 Å². The van der Waals surface area contributed by atoms with Crippen molar-refractivity contribution in [2.24, 2.45) is 0 Å². The molecule has 442 valence electrons.